The zero-order valence-corrected chi connectivity index (χ0v) is 11.0. The van der Waals surface area contributed by atoms with Crippen LogP contribution in [0.4, 0.5) is 0 Å². The molecule has 0 aromatic carbocycles. The second-order valence-electron chi connectivity index (χ2n) is 3.75. The van der Waals surface area contributed by atoms with Gasteiger partial charge in [0.05, 0.1) is 10.7 Å². The summed E-state index contributed by atoms with van der Waals surface area (Å²) in [5.74, 6) is 0.970. The maximum atomic E-state index is 5.32. The molecule has 2 rings (SSSR count). The lowest BCUT2D eigenvalue weighted by Gasteiger charge is -1.95. The van der Waals surface area contributed by atoms with E-state index in [1.54, 1.807) is 11.3 Å². The predicted molar refractivity (Wildman–Crippen MR) is 66.3 cm³/mol. The molecule has 2 aromatic heterocycles. The fourth-order valence-corrected chi connectivity index (χ4v) is 2.56. The van der Waals surface area contributed by atoms with Crippen LogP contribution in [0.1, 0.15) is 37.4 Å². The largest absolute Gasteiger partial charge is 0.408 e. The summed E-state index contributed by atoms with van der Waals surface area (Å²) in [4.78, 5) is 5.87. The minimum Gasteiger partial charge on any atom is -0.408 e. The molecule has 0 amide bonds. The quantitative estimate of drug-likeness (QED) is 0.852. The van der Waals surface area contributed by atoms with Crippen LogP contribution in [0.5, 0.6) is 0 Å². The number of hydrogen-bond acceptors (Lipinski definition) is 5. The van der Waals surface area contributed by atoms with Crippen LogP contribution in [-0.4, -0.2) is 15.2 Å². The van der Waals surface area contributed by atoms with E-state index in [4.69, 9.17) is 16.6 Å². The summed E-state index contributed by atoms with van der Waals surface area (Å²) >= 11 is 6.50. The molecule has 86 valence electrons. The van der Waals surface area contributed by atoms with Crippen LogP contribution < -0.4 is 0 Å². The maximum absolute atomic E-state index is 5.32. The average molecular weight is 255 g/mol. The molecule has 0 saturated carbocycles. The van der Waals surface area contributed by atoms with Crippen LogP contribution in [0.25, 0.3) is 10.8 Å². The number of hydrogen-bond donors (Lipinski definition) is 1. The Balaban J connectivity index is 2.51. The maximum Gasteiger partial charge on any atom is 0.284 e. The summed E-state index contributed by atoms with van der Waals surface area (Å²) in [6.07, 6.45) is 0.869. The van der Waals surface area contributed by atoms with Gasteiger partial charge in [-0.1, -0.05) is 20.8 Å². The first-order chi connectivity index (χ1) is 7.61. The summed E-state index contributed by atoms with van der Waals surface area (Å²) in [6.45, 7) is 6.33. The Labute approximate surface area is 103 Å². The normalized spacial score (nSPS) is 11.2. The van der Waals surface area contributed by atoms with Crippen molar-refractivity contribution in [2.45, 2.75) is 33.1 Å². The summed E-state index contributed by atoms with van der Waals surface area (Å²) in [7, 11) is 0. The molecule has 6 heteroatoms. The Morgan fingerprint density at radius 3 is 2.75 bits per heavy atom. The molecule has 16 heavy (non-hydrogen) atoms. The number of thiazole rings is 1. The molecule has 0 radical (unpaired) electrons. The van der Waals surface area contributed by atoms with Gasteiger partial charge in [-0.25, -0.2) is 10.1 Å². The standard InChI is InChI=1S/C10H13N3OS2/c1-4-6-7(8-12-13-10(15)14-8)16-9(11-6)5(2)3/h5H,4H2,1-3H3,(H,13,15). The molecular formula is C10H13N3OS2. The topological polar surface area (TPSA) is 54.7 Å². The van der Waals surface area contributed by atoms with Gasteiger partial charge in [0.1, 0.15) is 4.88 Å². The number of rotatable bonds is 3. The number of H-pyrrole nitrogens is 1. The van der Waals surface area contributed by atoms with Crippen LogP contribution in [0, 0.1) is 4.84 Å². The molecule has 0 aliphatic heterocycles. The SMILES string of the molecule is CCc1nc(C(C)C)sc1-c1n[nH]c(=S)o1. The van der Waals surface area contributed by atoms with E-state index in [2.05, 4.69) is 36.0 Å². The minimum absolute atomic E-state index is 0.302. The Morgan fingerprint density at radius 1 is 1.50 bits per heavy atom. The lowest BCUT2D eigenvalue weighted by molar-refractivity contribution is 0.552. The number of aromatic amines is 1. The van der Waals surface area contributed by atoms with Crippen molar-refractivity contribution in [2.24, 2.45) is 0 Å². The van der Waals surface area contributed by atoms with Gasteiger partial charge in [-0.15, -0.1) is 16.4 Å². The van der Waals surface area contributed by atoms with E-state index in [-0.39, 0.29) is 0 Å². The Morgan fingerprint density at radius 2 is 2.25 bits per heavy atom. The monoisotopic (exact) mass is 255 g/mol. The summed E-state index contributed by atoms with van der Waals surface area (Å²) < 4.78 is 5.32. The van der Waals surface area contributed by atoms with Gasteiger partial charge in [-0.05, 0) is 18.6 Å². The van der Waals surface area contributed by atoms with Crippen LogP contribution in [-0.2, 0) is 6.42 Å². The van der Waals surface area contributed by atoms with E-state index in [0.29, 0.717) is 16.6 Å². The van der Waals surface area contributed by atoms with E-state index < -0.39 is 0 Å². The molecule has 0 saturated heterocycles. The van der Waals surface area contributed by atoms with Gasteiger partial charge >= 0.3 is 0 Å². The summed E-state index contributed by atoms with van der Waals surface area (Å²) in [6, 6.07) is 0. The Kier molecular flexibility index (Phi) is 3.20. The highest BCUT2D eigenvalue weighted by Crippen LogP contribution is 2.32. The zero-order chi connectivity index (χ0) is 11.7. The van der Waals surface area contributed by atoms with Gasteiger partial charge in [0, 0.05) is 5.92 Å². The van der Waals surface area contributed by atoms with Gasteiger partial charge in [-0.2, -0.15) is 0 Å². The van der Waals surface area contributed by atoms with Crippen molar-refractivity contribution in [3.8, 4) is 10.8 Å². The molecule has 0 fully saturated rings. The van der Waals surface area contributed by atoms with Crippen molar-refractivity contribution in [1.29, 1.82) is 0 Å². The second-order valence-corrected chi connectivity index (χ2v) is 5.16. The second kappa shape index (κ2) is 4.47. The third kappa shape index (κ3) is 2.08. The number of nitrogens with one attached hydrogen (secondary N) is 1. The van der Waals surface area contributed by atoms with E-state index >= 15 is 0 Å². The Hall–Kier alpha value is -1.01. The molecule has 0 atom stereocenters. The van der Waals surface area contributed by atoms with Crippen LogP contribution in [0.3, 0.4) is 0 Å². The number of nitrogens with zero attached hydrogens (tertiary/aromatic N) is 2. The lowest BCUT2D eigenvalue weighted by atomic mass is 10.2. The first-order valence-corrected chi connectivity index (χ1v) is 6.39. The lowest BCUT2D eigenvalue weighted by Crippen LogP contribution is -1.87. The minimum atomic E-state index is 0.302. The van der Waals surface area contributed by atoms with Gasteiger partial charge in [-0.3, -0.25) is 0 Å². The van der Waals surface area contributed by atoms with Crippen molar-refractivity contribution >= 4 is 23.6 Å². The fourth-order valence-electron chi connectivity index (χ4n) is 1.35. The van der Waals surface area contributed by atoms with E-state index in [1.807, 2.05) is 0 Å². The van der Waals surface area contributed by atoms with Crippen LogP contribution in [0.2, 0.25) is 0 Å². The average Bonchev–Trinajstić information content (AvgIpc) is 2.82. The van der Waals surface area contributed by atoms with E-state index in [1.165, 1.54) is 0 Å². The van der Waals surface area contributed by atoms with Crippen molar-refractivity contribution in [1.82, 2.24) is 15.2 Å². The van der Waals surface area contributed by atoms with Gasteiger partial charge < -0.3 is 4.42 Å². The first kappa shape index (κ1) is 11.5. The summed E-state index contributed by atoms with van der Waals surface area (Å²) in [5.41, 5.74) is 1.03. The van der Waals surface area contributed by atoms with Gasteiger partial charge in [0.15, 0.2) is 0 Å². The van der Waals surface area contributed by atoms with E-state index in [0.717, 1.165) is 22.0 Å². The zero-order valence-electron chi connectivity index (χ0n) is 9.40. The van der Waals surface area contributed by atoms with Crippen molar-refractivity contribution in [3.63, 3.8) is 0 Å². The predicted octanol–water partition coefficient (Wildman–Crippen LogP) is 3.54. The third-order valence-electron chi connectivity index (χ3n) is 2.18. The fraction of sp³-hybridized carbons (Fsp3) is 0.500. The van der Waals surface area contributed by atoms with Crippen LogP contribution >= 0.6 is 23.6 Å². The number of aryl methyl sites for hydroxylation is 1. The first-order valence-electron chi connectivity index (χ1n) is 5.17. The third-order valence-corrected chi connectivity index (χ3v) is 3.74. The molecule has 2 heterocycles. The highest BCUT2D eigenvalue weighted by molar-refractivity contribution is 7.71. The molecule has 0 unspecified atom stereocenters. The molecule has 0 aliphatic rings. The van der Waals surface area contributed by atoms with Crippen molar-refractivity contribution in [2.75, 3.05) is 0 Å². The van der Waals surface area contributed by atoms with Gasteiger partial charge in [0.2, 0.25) is 0 Å². The summed E-state index contributed by atoms with van der Waals surface area (Å²) in [5, 5.41) is 7.78. The molecule has 0 spiro atoms. The molecule has 0 bridgehead atoms. The van der Waals surface area contributed by atoms with Crippen molar-refractivity contribution in [3.05, 3.63) is 15.5 Å². The van der Waals surface area contributed by atoms with Gasteiger partial charge in [0.25, 0.3) is 10.7 Å². The Bertz CT molecular complexity index is 538. The molecule has 0 aliphatic carbocycles. The highest BCUT2D eigenvalue weighted by atomic mass is 32.1. The van der Waals surface area contributed by atoms with Crippen molar-refractivity contribution < 1.29 is 4.42 Å². The molecule has 4 nitrogen and oxygen atoms in total. The molecule has 2 aromatic rings. The smallest absolute Gasteiger partial charge is 0.284 e. The highest BCUT2D eigenvalue weighted by Gasteiger charge is 2.17. The van der Waals surface area contributed by atoms with E-state index in [9.17, 15) is 0 Å². The van der Waals surface area contributed by atoms with Crippen LogP contribution in [0.15, 0.2) is 4.42 Å². The molecule has 1 N–H and O–H groups in total. The molecular weight excluding hydrogens is 242 g/mol. The number of aromatic nitrogens is 3.